The van der Waals surface area contributed by atoms with Gasteiger partial charge in [0, 0.05) is 17.5 Å². The number of ketones is 1. The maximum absolute atomic E-state index is 12.8. The van der Waals surface area contributed by atoms with Crippen molar-refractivity contribution in [2.75, 3.05) is 25.0 Å². The summed E-state index contributed by atoms with van der Waals surface area (Å²) in [6, 6.07) is 26.7. The van der Waals surface area contributed by atoms with Crippen LogP contribution in [0.4, 0.5) is 5.69 Å². The van der Waals surface area contributed by atoms with Crippen molar-refractivity contribution in [3.63, 3.8) is 0 Å². The van der Waals surface area contributed by atoms with E-state index in [1.165, 1.54) is 16.0 Å². The summed E-state index contributed by atoms with van der Waals surface area (Å²) in [5, 5.41) is 2.95. The van der Waals surface area contributed by atoms with Gasteiger partial charge in [0.05, 0.1) is 18.8 Å². The van der Waals surface area contributed by atoms with Crippen molar-refractivity contribution in [1.82, 2.24) is 0 Å². The van der Waals surface area contributed by atoms with Crippen molar-refractivity contribution in [2.24, 2.45) is 0 Å². The van der Waals surface area contributed by atoms with Gasteiger partial charge in [0.1, 0.15) is 0 Å². The number of carbonyl (C=O) groups excluding carboxylic acids is 2. The lowest BCUT2D eigenvalue weighted by Crippen LogP contribution is -3.13. The molecule has 0 bridgehead atoms. The highest BCUT2D eigenvalue weighted by Gasteiger charge is 2.20. The predicted octanol–water partition coefficient (Wildman–Crippen LogP) is 3.23. The summed E-state index contributed by atoms with van der Waals surface area (Å²) in [6.07, 6.45) is 3.18. The van der Waals surface area contributed by atoms with Crippen molar-refractivity contribution in [3.8, 4) is 0 Å². The molecule has 0 aromatic heterocycles. The molecule has 30 heavy (non-hydrogen) atoms. The second-order valence-corrected chi connectivity index (χ2v) is 7.52. The van der Waals surface area contributed by atoms with Crippen LogP contribution in [0.25, 0.3) is 5.57 Å². The molecule has 1 heterocycles. The highest BCUT2D eigenvalue weighted by molar-refractivity contribution is 6.13. The van der Waals surface area contributed by atoms with E-state index in [1.54, 1.807) is 24.3 Å². The van der Waals surface area contributed by atoms with Crippen LogP contribution in [0.2, 0.25) is 0 Å². The smallest absolute Gasteiger partial charge is 0.279 e. The van der Waals surface area contributed by atoms with E-state index in [-0.39, 0.29) is 11.7 Å². The summed E-state index contributed by atoms with van der Waals surface area (Å²) in [5.41, 5.74) is 4.29. The highest BCUT2D eigenvalue weighted by atomic mass is 16.2. The molecule has 0 saturated heterocycles. The minimum atomic E-state index is -0.0905. The summed E-state index contributed by atoms with van der Waals surface area (Å²) < 4.78 is 0. The fourth-order valence-electron chi connectivity index (χ4n) is 3.81. The van der Waals surface area contributed by atoms with E-state index in [1.807, 2.05) is 36.4 Å². The van der Waals surface area contributed by atoms with Gasteiger partial charge in [-0.05, 0) is 29.3 Å². The first-order chi connectivity index (χ1) is 14.7. The number of hydrogen-bond acceptors (Lipinski definition) is 2. The zero-order valence-corrected chi connectivity index (χ0v) is 16.8. The molecule has 2 N–H and O–H groups in total. The molecule has 3 aromatic rings. The van der Waals surface area contributed by atoms with Gasteiger partial charge < -0.3 is 10.2 Å². The number of hydrogen-bond donors (Lipinski definition) is 2. The molecule has 4 rings (SSSR count). The Hall–Kier alpha value is -3.50. The Morgan fingerprint density at radius 2 is 1.50 bits per heavy atom. The normalized spacial score (nSPS) is 15.9. The molecule has 4 nitrogen and oxygen atoms in total. The Labute approximate surface area is 176 Å². The summed E-state index contributed by atoms with van der Waals surface area (Å²) >= 11 is 0. The van der Waals surface area contributed by atoms with Crippen LogP contribution in [0.15, 0.2) is 91.0 Å². The molecule has 1 amide bonds. The highest BCUT2D eigenvalue weighted by Crippen LogP contribution is 2.20. The molecule has 150 valence electrons. The van der Waals surface area contributed by atoms with Crippen molar-refractivity contribution in [1.29, 1.82) is 0 Å². The number of rotatable bonds is 6. The zero-order valence-electron chi connectivity index (χ0n) is 16.8. The van der Waals surface area contributed by atoms with Gasteiger partial charge in [0.15, 0.2) is 12.3 Å². The summed E-state index contributed by atoms with van der Waals surface area (Å²) in [5.74, 6) is -0.165. The van der Waals surface area contributed by atoms with Gasteiger partial charge in [0.2, 0.25) is 0 Å². The molecule has 1 atom stereocenters. The van der Waals surface area contributed by atoms with Gasteiger partial charge in [-0.1, -0.05) is 72.8 Å². The van der Waals surface area contributed by atoms with Crippen molar-refractivity contribution in [2.45, 2.75) is 6.42 Å². The Kier molecular flexibility index (Phi) is 6.16. The minimum absolute atomic E-state index is 0.0742. The molecule has 0 aliphatic carbocycles. The van der Waals surface area contributed by atoms with Crippen LogP contribution in [-0.2, 0) is 4.79 Å². The van der Waals surface area contributed by atoms with Gasteiger partial charge in [-0.2, -0.15) is 0 Å². The van der Waals surface area contributed by atoms with E-state index in [4.69, 9.17) is 0 Å². The third-order valence-electron chi connectivity index (χ3n) is 5.42. The molecule has 3 aromatic carbocycles. The monoisotopic (exact) mass is 397 g/mol. The topological polar surface area (TPSA) is 50.6 Å². The van der Waals surface area contributed by atoms with Crippen LogP contribution in [-0.4, -0.2) is 31.3 Å². The molecule has 1 unspecified atom stereocenters. The molecular formula is C26H25N2O2+. The average molecular weight is 397 g/mol. The fraction of sp³-hybridized carbons (Fsp3) is 0.154. The number of amides is 1. The van der Waals surface area contributed by atoms with Crippen LogP contribution in [0.3, 0.4) is 0 Å². The quantitative estimate of drug-likeness (QED) is 0.628. The minimum Gasteiger partial charge on any atom is -0.324 e. The number of anilines is 1. The molecule has 1 aliphatic rings. The largest absolute Gasteiger partial charge is 0.324 e. The van der Waals surface area contributed by atoms with Crippen molar-refractivity contribution >= 4 is 23.0 Å². The first-order valence-electron chi connectivity index (χ1n) is 10.3. The molecule has 0 radical (unpaired) electrons. The molecule has 0 saturated carbocycles. The third kappa shape index (κ3) is 4.73. The van der Waals surface area contributed by atoms with Gasteiger partial charge in [0.25, 0.3) is 5.91 Å². The lowest BCUT2D eigenvalue weighted by atomic mass is 9.99. The van der Waals surface area contributed by atoms with E-state index >= 15 is 0 Å². The van der Waals surface area contributed by atoms with E-state index in [9.17, 15) is 9.59 Å². The van der Waals surface area contributed by atoms with Crippen LogP contribution >= 0.6 is 0 Å². The first-order valence-corrected chi connectivity index (χ1v) is 10.3. The Morgan fingerprint density at radius 1 is 0.833 bits per heavy atom. The number of carbonyl (C=O) groups is 2. The fourth-order valence-corrected chi connectivity index (χ4v) is 3.81. The van der Waals surface area contributed by atoms with E-state index in [2.05, 4.69) is 35.7 Å². The van der Waals surface area contributed by atoms with Gasteiger partial charge in [-0.3, -0.25) is 9.59 Å². The van der Waals surface area contributed by atoms with Crippen LogP contribution in [0.5, 0.6) is 0 Å². The maximum atomic E-state index is 12.8. The Morgan fingerprint density at radius 3 is 2.20 bits per heavy atom. The molecule has 0 spiro atoms. The van der Waals surface area contributed by atoms with E-state index in [0.717, 1.165) is 19.5 Å². The van der Waals surface area contributed by atoms with Crippen molar-refractivity contribution < 1.29 is 14.5 Å². The van der Waals surface area contributed by atoms with E-state index in [0.29, 0.717) is 23.4 Å². The first kappa shape index (κ1) is 19.8. The average Bonchev–Trinajstić information content (AvgIpc) is 2.80. The second kappa shape index (κ2) is 9.33. The molecule has 0 fully saturated rings. The zero-order chi connectivity index (χ0) is 20.8. The lowest BCUT2D eigenvalue weighted by molar-refractivity contribution is -0.886. The molecule has 4 heteroatoms. The third-order valence-corrected chi connectivity index (χ3v) is 5.42. The van der Waals surface area contributed by atoms with Crippen LogP contribution in [0, 0.1) is 0 Å². The number of para-hydroxylation sites is 1. The Bertz CT molecular complexity index is 1060. The predicted molar refractivity (Wildman–Crippen MR) is 120 cm³/mol. The van der Waals surface area contributed by atoms with E-state index < -0.39 is 0 Å². The summed E-state index contributed by atoms with van der Waals surface area (Å²) in [7, 11) is 0. The van der Waals surface area contributed by atoms with Gasteiger partial charge in [-0.15, -0.1) is 0 Å². The SMILES string of the molecule is O=C(C[NH+]1CC=C(c2ccccc2)CC1)Nc1ccccc1C(=O)c1ccccc1. The molecular weight excluding hydrogens is 372 g/mol. The lowest BCUT2D eigenvalue weighted by Gasteiger charge is -2.23. The summed E-state index contributed by atoms with van der Waals surface area (Å²) in [6.45, 7) is 2.12. The van der Waals surface area contributed by atoms with Gasteiger partial charge in [-0.25, -0.2) is 0 Å². The number of nitrogens with one attached hydrogen (secondary N) is 2. The standard InChI is InChI=1S/C26H24N2O2/c29-25(19-28-17-15-21(16-18-28)20-9-3-1-4-10-20)27-24-14-8-7-13-23(24)26(30)22-11-5-2-6-12-22/h1-15H,16-19H2,(H,27,29)/p+1. The molecule has 1 aliphatic heterocycles. The van der Waals surface area contributed by atoms with Gasteiger partial charge >= 0.3 is 0 Å². The van der Waals surface area contributed by atoms with Crippen LogP contribution in [0.1, 0.15) is 27.9 Å². The maximum Gasteiger partial charge on any atom is 0.279 e. The van der Waals surface area contributed by atoms with Crippen LogP contribution < -0.4 is 10.2 Å². The second-order valence-electron chi connectivity index (χ2n) is 7.52. The number of quaternary nitrogens is 1. The Balaban J connectivity index is 1.40. The summed E-state index contributed by atoms with van der Waals surface area (Å²) in [4.78, 5) is 26.7. The van der Waals surface area contributed by atoms with Crippen molar-refractivity contribution in [3.05, 3.63) is 108 Å². The number of benzene rings is 3.